The van der Waals surface area contributed by atoms with Gasteiger partial charge in [-0.3, -0.25) is 5.32 Å². The lowest BCUT2D eigenvalue weighted by Crippen LogP contribution is -2.35. The summed E-state index contributed by atoms with van der Waals surface area (Å²) in [5.41, 5.74) is 1.43. The van der Waals surface area contributed by atoms with Gasteiger partial charge < -0.3 is 9.47 Å². The number of methoxy groups -OCH3 is 1. The Kier molecular flexibility index (Phi) is 7.01. The SMILES string of the molecule is COc1ccc(OC(F)(F)F)cc1N=C(NC#N)N1CC(C)C(c2ccc(Cl)c(Cl)c2)=N1. The van der Waals surface area contributed by atoms with Crippen molar-refractivity contribution < 1.29 is 22.6 Å². The summed E-state index contributed by atoms with van der Waals surface area (Å²) in [7, 11) is 1.34. The van der Waals surface area contributed by atoms with E-state index in [2.05, 4.69) is 20.1 Å². The highest BCUT2D eigenvalue weighted by Gasteiger charge is 2.32. The van der Waals surface area contributed by atoms with Gasteiger partial charge in [0, 0.05) is 12.0 Å². The monoisotopic (exact) mass is 485 g/mol. The molecule has 3 rings (SSSR count). The fraction of sp³-hybridized carbons (Fsp3) is 0.250. The molecule has 0 aromatic heterocycles. The van der Waals surface area contributed by atoms with Crippen molar-refractivity contribution in [2.75, 3.05) is 13.7 Å². The van der Waals surface area contributed by atoms with Gasteiger partial charge in [0.25, 0.3) is 0 Å². The summed E-state index contributed by atoms with van der Waals surface area (Å²) in [6.45, 7) is 2.27. The molecular weight excluding hydrogens is 470 g/mol. The average molecular weight is 486 g/mol. The lowest BCUT2D eigenvalue weighted by atomic mass is 9.99. The molecule has 1 aliphatic heterocycles. The summed E-state index contributed by atoms with van der Waals surface area (Å²) in [6.07, 6.45) is -3.11. The highest BCUT2D eigenvalue weighted by Crippen LogP contribution is 2.34. The van der Waals surface area contributed by atoms with E-state index in [1.807, 2.05) is 6.92 Å². The Morgan fingerprint density at radius 2 is 2.00 bits per heavy atom. The van der Waals surface area contributed by atoms with Crippen LogP contribution in [0.1, 0.15) is 12.5 Å². The van der Waals surface area contributed by atoms with Crippen molar-refractivity contribution in [2.24, 2.45) is 16.0 Å². The van der Waals surface area contributed by atoms with E-state index in [9.17, 15) is 18.4 Å². The summed E-state index contributed by atoms with van der Waals surface area (Å²) in [5.74, 6) is -0.377. The van der Waals surface area contributed by atoms with E-state index < -0.39 is 12.1 Å². The molecule has 1 unspecified atom stereocenters. The van der Waals surface area contributed by atoms with E-state index in [4.69, 9.17) is 27.9 Å². The summed E-state index contributed by atoms with van der Waals surface area (Å²) in [4.78, 5) is 4.27. The minimum Gasteiger partial charge on any atom is -0.494 e. The molecule has 168 valence electrons. The molecule has 0 spiro atoms. The van der Waals surface area contributed by atoms with Crippen molar-refractivity contribution in [2.45, 2.75) is 13.3 Å². The van der Waals surface area contributed by atoms with Crippen LogP contribution in [0.4, 0.5) is 18.9 Å². The minimum absolute atomic E-state index is 0.00290. The Balaban J connectivity index is 1.99. The van der Waals surface area contributed by atoms with Crippen molar-refractivity contribution >= 4 is 40.6 Å². The van der Waals surface area contributed by atoms with Crippen LogP contribution in [-0.4, -0.2) is 36.7 Å². The largest absolute Gasteiger partial charge is 0.573 e. The zero-order valence-corrected chi connectivity index (χ0v) is 18.3. The number of nitrogens with one attached hydrogen (secondary N) is 1. The number of hydrazone groups is 1. The topological polar surface area (TPSA) is 82.2 Å². The zero-order chi connectivity index (χ0) is 23.5. The Morgan fingerprint density at radius 3 is 2.62 bits per heavy atom. The van der Waals surface area contributed by atoms with Gasteiger partial charge in [-0.05, 0) is 29.8 Å². The van der Waals surface area contributed by atoms with Crippen LogP contribution >= 0.6 is 23.2 Å². The predicted molar refractivity (Wildman–Crippen MR) is 114 cm³/mol. The number of ether oxygens (including phenoxy) is 2. The van der Waals surface area contributed by atoms with E-state index in [1.54, 1.807) is 24.4 Å². The first-order valence-electron chi connectivity index (χ1n) is 9.10. The number of aliphatic imine (C=N–C) groups is 1. The fourth-order valence-electron chi connectivity index (χ4n) is 3.02. The number of benzene rings is 2. The second-order valence-electron chi connectivity index (χ2n) is 6.65. The molecule has 1 aliphatic rings. The second kappa shape index (κ2) is 9.54. The molecule has 0 bridgehead atoms. The normalized spacial score (nSPS) is 16.4. The van der Waals surface area contributed by atoms with Gasteiger partial charge in [-0.2, -0.15) is 10.4 Å². The van der Waals surface area contributed by atoms with Crippen molar-refractivity contribution in [1.29, 1.82) is 5.26 Å². The Labute approximate surface area is 191 Å². The third kappa shape index (κ3) is 5.55. The molecule has 1 atom stereocenters. The Morgan fingerprint density at radius 1 is 1.25 bits per heavy atom. The third-order valence-corrected chi connectivity index (χ3v) is 5.12. The number of nitriles is 1. The molecule has 0 aliphatic carbocycles. The van der Waals surface area contributed by atoms with E-state index in [0.717, 1.165) is 17.7 Å². The molecule has 2 aromatic rings. The van der Waals surface area contributed by atoms with Crippen molar-refractivity contribution in [3.05, 3.63) is 52.0 Å². The van der Waals surface area contributed by atoms with Crippen LogP contribution in [-0.2, 0) is 0 Å². The van der Waals surface area contributed by atoms with Gasteiger partial charge in [0.05, 0.1) is 29.4 Å². The second-order valence-corrected chi connectivity index (χ2v) is 7.47. The Bertz CT molecular complexity index is 1120. The molecular formula is C20H16Cl2F3N5O2. The van der Waals surface area contributed by atoms with E-state index in [-0.39, 0.29) is 23.3 Å². The fourth-order valence-corrected chi connectivity index (χ4v) is 3.31. The molecule has 1 heterocycles. The molecule has 12 heteroatoms. The van der Waals surface area contributed by atoms with Gasteiger partial charge in [0.1, 0.15) is 17.2 Å². The maximum atomic E-state index is 12.6. The molecule has 7 nitrogen and oxygen atoms in total. The number of alkyl halides is 3. The van der Waals surface area contributed by atoms with E-state index >= 15 is 0 Å². The molecule has 0 amide bonds. The van der Waals surface area contributed by atoms with Crippen molar-refractivity contribution in [1.82, 2.24) is 10.3 Å². The van der Waals surface area contributed by atoms with Crippen molar-refractivity contribution in [3.8, 4) is 17.7 Å². The standard InChI is InChI=1S/C20H16Cl2F3N5O2/c1-11-9-30(29-18(11)12-3-5-14(21)15(22)7-12)19(27-10-26)28-16-8-13(32-20(23,24)25)4-6-17(16)31-2/h3-8,11H,9H2,1-2H3,(H,27,28). The first kappa shape index (κ1) is 23.5. The molecule has 0 saturated heterocycles. The molecule has 1 N–H and O–H groups in total. The summed E-state index contributed by atoms with van der Waals surface area (Å²) in [5, 5.41) is 18.3. The molecule has 32 heavy (non-hydrogen) atoms. The number of nitrogens with zero attached hydrogens (tertiary/aromatic N) is 4. The summed E-state index contributed by atoms with van der Waals surface area (Å²) < 4.78 is 46.9. The minimum atomic E-state index is -4.87. The highest BCUT2D eigenvalue weighted by atomic mass is 35.5. The van der Waals surface area contributed by atoms with Gasteiger partial charge in [-0.15, -0.1) is 13.2 Å². The number of hydrogen-bond acceptors (Lipinski definition) is 5. The van der Waals surface area contributed by atoms with Crippen LogP contribution in [0.25, 0.3) is 0 Å². The van der Waals surface area contributed by atoms with Crippen LogP contribution in [0.3, 0.4) is 0 Å². The van der Waals surface area contributed by atoms with Crippen LogP contribution in [0.5, 0.6) is 11.5 Å². The first-order chi connectivity index (χ1) is 15.1. The average Bonchev–Trinajstić information content (AvgIpc) is 3.10. The first-order valence-corrected chi connectivity index (χ1v) is 9.86. The maximum absolute atomic E-state index is 12.6. The van der Waals surface area contributed by atoms with Gasteiger partial charge in [0.2, 0.25) is 5.96 Å². The zero-order valence-electron chi connectivity index (χ0n) is 16.7. The molecule has 2 aromatic carbocycles. The van der Waals surface area contributed by atoms with Crippen molar-refractivity contribution in [3.63, 3.8) is 0 Å². The van der Waals surface area contributed by atoms with E-state index in [1.165, 1.54) is 18.2 Å². The van der Waals surface area contributed by atoms with Gasteiger partial charge in [0.15, 0.2) is 6.19 Å². The van der Waals surface area contributed by atoms with Crippen LogP contribution < -0.4 is 14.8 Å². The summed E-state index contributed by atoms with van der Waals surface area (Å²) >= 11 is 12.1. The van der Waals surface area contributed by atoms with Gasteiger partial charge in [-0.25, -0.2) is 10.0 Å². The Hall–Kier alpha value is -3.16. The van der Waals surface area contributed by atoms with E-state index in [0.29, 0.717) is 22.3 Å². The smallest absolute Gasteiger partial charge is 0.494 e. The maximum Gasteiger partial charge on any atom is 0.573 e. The van der Waals surface area contributed by atoms with Crippen LogP contribution in [0.2, 0.25) is 10.0 Å². The predicted octanol–water partition coefficient (Wildman–Crippen LogP) is 5.31. The third-order valence-electron chi connectivity index (χ3n) is 4.38. The number of halogens is 5. The number of rotatable bonds is 4. The molecule has 0 radical (unpaired) electrons. The lowest BCUT2D eigenvalue weighted by Gasteiger charge is -2.16. The van der Waals surface area contributed by atoms with Gasteiger partial charge >= 0.3 is 6.36 Å². The van der Waals surface area contributed by atoms with Crippen LogP contribution in [0.15, 0.2) is 46.5 Å². The summed E-state index contributed by atoms with van der Waals surface area (Å²) in [6, 6.07) is 8.52. The number of guanidine groups is 1. The van der Waals surface area contributed by atoms with Gasteiger partial charge in [-0.1, -0.05) is 36.2 Å². The highest BCUT2D eigenvalue weighted by molar-refractivity contribution is 6.42. The molecule has 0 fully saturated rings. The van der Waals surface area contributed by atoms with Crippen LogP contribution in [0, 0.1) is 17.4 Å². The number of hydrogen-bond donors (Lipinski definition) is 1. The molecule has 0 saturated carbocycles. The quantitative estimate of drug-likeness (QED) is 0.274. The lowest BCUT2D eigenvalue weighted by molar-refractivity contribution is -0.274.